The second-order valence-corrected chi connectivity index (χ2v) is 4.85. The molecule has 2 rings (SSSR count). The average Bonchev–Trinajstić information content (AvgIpc) is 2.36. The molecule has 0 atom stereocenters. The van der Waals surface area contributed by atoms with Crippen LogP contribution in [-0.2, 0) is 6.54 Å². The van der Waals surface area contributed by atoms with Gasteiger partial charge in [0.1, 0.15) is 4.60 Å². The summed E-state index contributed by atoms with van der Waals surface area (Å²) in [4.78, 5) is 15.9. The van der Waals surface area contributed by atoms with Crippen molar-refractivity contribution in [2.75, 3.05) is 0 Å². The number of benzene rings is 1. The van der Waals surface area contributed by atoms with Crippen molar-refractivity contribution in [1.82, 2.24) is 10.3 Å². The normalized spacial score (nSPS) is 10.1. The van der Waals surface area contributed by atoms with E-state index in [1.807, 2.05) is 25.1 Å². The van der Waals surface area contributed by atoms with Crippen LogP contribution in [0.25, 0.3) is 0 Å². The lowest BCUT2D eigenvalue weighted by atomic mass is 10.1. The van der Waals surface area contributed by atoms with Crippen LogP contribution in [0.15, 0.2) is 47.2 Å². The van der Waals surface area contributed by atoms with E-state index in [0.29, 0.717) is 16.7 Å². The molecule has 0 bridgehead atoms. The Labute approximate surface area is 114 Å². The molecule has 0 aliphatic carbocycles. The van der Waals surface area contributed by atoms with Gasteiger partial charge in [0, 0.05) is 18.3 Å². The second-order valence-electron chi connectivity index (χ2n) is 4.04. The monoisotopic (exact) mass is 304 g/mol. The SMILES string of the molecule is Cc1cccc(CNC(=O)c2ccnc(Br)c2)c1. The van der Waals surface area contributed by atoms with E-state index >= 15 is 0 Å². The number of rotatable bonds is 3. The van der Waals surface area contributed by atoms with Crippen molar-refractivity contribution in [3.8, 4) is 0 Å². The van der Waals surface area contributed by atoms with E-state index in [9.17, 15) is 4.79 Å². The zero-order valence-corrected chi connectivity index (χ0v) is 11.6. The summed E-state index contributed by atoms with van der Waals surface area (Å²) in [7, 11) is 0. The summed E-state index contributed by atoms with van der Waals surface area (Å²) in [6, 6.07) is 11.5. The highest BCUT2D eigenvalue weighted by atomic mass is 79.9. The zero-order chi connectivity index (χ0) is 13.0. The van der Waals surface area contributed by atoms with Crippen molar-refractivity contribution in [2.45, 2.75) is 13.5 Å². The number of nitrogens with zero attached hydrogens (tertiary/aromatic N) is 1. The number of aryl methyl sites for hydroxylation is 1. The molecule has 0 unspecified atom stereocenters. The molecule has 0 aliphatic heterocycles. The lowest BCUT2D eigenvalue weighted by Crippen LogP contribution is -2.22. The fraction of sp³-hybridized carbons (Fsp3) is 0.143. The minimum Gasteiger partial charge on any atom is -0.348 e. The van der Waals surface area contributed by atoms with Gasteiger partial charge in [-0.1, -0.05) is 29.8 Å². The quantitative estimate of drug-likeness (QED) is 0.886. The first-order valence-electron chi connectivity index (χ1n) is 5.60. The van der Waals surface area contributed by atoms with Crippen LogP contribution in [0.2, 0.25) is 0 Å². The topological polar surface area (TPSA) is 42.0 Å². The number of hydrogen-bond donors (Lipinski definition) is 1. The maximum absolute atomic E-state index is 11.9. The Kier molecular flexibility index (Phi) is 4.10. The molecule has 1 amide bonds. The van der Waals surface area contributed by atoms with Crippen molar-refractivity contribution in [3.05, 3.63) is 63.9 Å². The van der Waals surface area contributed by atoms with Crippen LogP contribution in [0.5, 0.6) is 0 Å². The summed E-state index contributed by atoms with van der Waals surface area (Å²) >= 11 is 3.24. The number of hydrogen-bond acceptors (Lipinski definition) is 2. The van der Waals surface area contributed by atoms with E-state index in [0.717, 1.165) is 5.56 Å². The molecule has 0 spiro atoms. The van der Waals surface area contributed by atoms with E-state index in [-0.39, 0.29) is 5.91 Å². The predicted octanol–water partition coefficient (Wildman–Crippen LogP) is 3.08. The van der Waals surface area contributed by atoms with Crippen LogP contribution in [0.1, 0.15) is 21.5 Å². The van der Waals surface area contributed by atoms with Gasteiger partial charge in [0.2, 0.25) is 0 Å². The first kappa shape index (κ1) is 12.8. The molecule has 4 heteroatoms. The Morgan fingerprint density at radius 3 is 2.89 bits per heavy atom. The maximum Gasteiger partial charge on any atom is 0.251 e. The molecular weight excluding hydrogens is 292 g/mol. The Balaban J connectivity index is 2.00. The molecule has 1 N–H and O–H groups in total. The number of pyridine rings is 1. The van der Waals surface area contributed by atoms with E-state index in [1.165, 1.54) is 5.56 Å². The third kappa shape index (κ3) is 3.40. The van der Waals surface area contributed by atoms with Crippen molar-refractivity contribution in [3.63, 3.8) is 0 Å². The first-order chi connectivity index (χ1) is 8.65. The molecule has 0 saturated heterocycles. The van der Waals surface area contributed by atoms with Gasteiger partial charge >= 0.3 is 0 Å². The molecule has 0 saturated carbocycles. The number of aromatic nitrogens is 1. The van der Waals surface area contributed by atoms with Crippen molar-refractivity contribution in [2.24, 2.45) is 0 Å². The fourth-order valence-electron chi connectivity index (χ4n) is 1.65. The maximum atomic E-state index is 11.9. The highest BCUT2D eigenvalue weighted by Gasteiger charge is 2.05. The molecule has 1 aromatic carbocycles. The second kappa shape index (κ2) is 5.78. The summed E-state index contributed by atoms with van der Waals surface area (Å²) < 4.78 is 0.658. The predicted molar refractivity (Wildman–Crippen MR) is 74.3 cm³/mol. The fourth-order valence-corrected chi connectivity index (χ4v) is 2.02. The molecule has 1 aromatic heterocycles. The zero-order valence-electron chi connectivity index (χ0n) is 9.98. The summed E-state index contributed by atoms with van der Waals surface area (Å²) in [5.74, 6) is -0.0976. The Bertz CT molecular complexity index is 569. The average molecular weight is 305 g/mol. The highest BCUT2D eigenvalue weighted by Crippen LogP contribution is 2.08. The summed E-state index contributed by atoms with van der Waals surface area (Å²) in [6.07, 6.45) is 1.60. The van der Waals surface area contributed by atoms with Crippen molar-refractivity contribution < 1.29 is 4.79 Å². The van der Waals surface area contributed by atoms with Crippen LogP contribution >= 0.6 is 15.9 Å². The summed E-state index contributed by atoms with van der Waals surface area (Å²) in [6.45, 7) is 2.56. The minimum atomic E-state index is -0.0976. The van der Waals surface area contributed by atoms with Crippen molar-refractivity contribution in [1.29, 1.82) is 0 Å². The van der Waals surface area contributed by atoms with Crippen LogP contribution in [0.3, 0.4) is 0 Å². The van der Waals surface area contributed by atoms with E-state index < -0.39 is 0 Å². The van der Waals surface area contributed by atoms with Gasteiger partial charge in [-0.25, -0.2) is 4.98 Å². The Morgan fingerprint density at radius 2 is 2.17 bits per heavy atom. The Hall–Kier alpha value is -1.68. The van der Waals surface area contributed by atoms with Gasteiger partial charge in [-0.05, 0) is 40.5 Å². The van der Waals surface area contributed by atoms with Crippen LogP contribution in [-0.4, -0.2) is 10.9 Å². The van der Waals surface area contributed by atoms with Gasteiger partial charge < -0.3 is 5.32 Å². The molecule has 0 radical (unpaired) electrons. The van der Waals surface area contributed by atoms with Gasteiger partial charge in [0.25, 0.3) is 5.91 Å². The van der Waals surface area contributed by atoms with Crippen LogP contribution < -0.4 is 5.32 Å². The third-order valence-corrected chi connectivity index (χ3v) is 2.96. The van der Waals surface area contributed by atoms with Crippen molar-refractivity contribution >= 4 is 21.8 Å². The summed E-state index contributed by atoms with van der Waals surface area (Å²) in [5, 5.41) is 2.88. The molecular formula is C14H13BrN2O. The van der Waals surface area contributed by atoms with Gasteiger partial charge in [-0.3, -0.25) is 4.79 Å². The standard InChI is InChI=1S/C14H13BrN2O/c1-10-3-2-4-11(7-10)9-17-14(18)12-5-6-16-13(15)8-12/h2-8H,9H2,1H3,(H,17,18). The van der Waals surface area contributed by atoms with Gasteiger partial charge in [-0.15, -0.1) is 0 Å². The number of carbonyl (C=O) groups excluding carboxylic acids is 1. The van der Waals surface area contributed by atoms with Crippen LogP contribution in [0.4, 0.5) is 0 Å². The molecule has 0 fully saturated rings. The first-order valence-corrected chi connectivity index (χ1v) is 6.40. The van der Waals surface area contributed by atoms with E-state index in [1.54, 1.807) is 18.3 Å². The molecule has 92 valence electrons. The van der Waals surface area contributed by atoms with Gasteiger partial charge in [-0.2, -0.15) is 0 Å². The Morgan fingerprint density at radius 1 is 1.33 bits per heavy atom. The molecule has 0 aliphatic rings. The van der Waals surface area contributed by atoms with Gasteiger partial charge in [0.15, 0.2) is 0 Å². The van der Waals surface area contributed by atoms with E-state index in [2.05, 4.69) is 32.3 Å². The van der Waals surface area contributed by atoms with Gasteiger partial charge in [0.05, 0.1) is 0 Å². The van der Waals surface area contributed by atoms with E-state index in [4.69, 9.17) is 0 Å². The summed E-state index contributed by atoms with van der Waals surface area (Å²) in [5.41, 5.74) is 2.88. The molecule has 18 heavy (non-hydrogen) atoms. The lowest BCUT2D eigenvalue weighted by Gasteiger charge is -2.06. The number of carbonyl (C=O) groups is 1. The largest absolute Gasteiger partial charge is 0.348 e. The lowest BCUT2D eigenvalue weighted by molar-refractivity contribution is 0.0950. The van der Waals surface area contributed by atoms with Crippen LogP contribution in [0, 0.1) is 6.92 Å². The minimum absolute atomic E-state index is 0.0976. The molecule has 2 aromatic rings. The highest BCUT2D eigenvalue weighted by molar-refractivity contribution is 9.10. The smallest absolute Gasteiger partial charge is 0.251 e. The number of halogens is 1. The number of nitrogens with one attached hydrogen (secondary N) is 1. The molecule has 3 nitrogen and oxygen atoms in total. The molecule has 1 heterocycles. The number of amides is 1. The third-order valence-electron chi connectivity index (χ3n) is 2.52.